The maximum atomic E-state index is 13.7. The number of carbonyl (C=O) groups excluding carboxylic acids is 1. The van der Waals surface area contributed by atoms with Gasteiger partial charge in [0.1, 0.15) is 10.6 Å². The van der Waals surface area contributed by atoms with Gasteiger partial charge >= 0.3 is 0 Å². The third-order valence-corrected chi connectivity index (χ3v) is 7.95. The predicted octanol–water partition coefficient (Wildman–Crippen LogP) is 4.57. The van der Waals surface area contributed by atoms with E-state index in [1.165, 1.54) is 11.4 Å². The molecule has 2 aromatic carbocycles. The minimum atomic E-state index is -3.91. The number of sulfonamides is 1. The molecule has 0 aromatic heterocycles. The lowest BCUT2D eigenvalue weighted by atomic mass is 9.95. The van der Waals surface area contributed by atoms with Crippen LogP contribution >= 0.6 is 22.6 Å². The van der Waals surface area contributed by atoms with Gasteiger partial charge in [0.15, 0.2) is 0 Å². The number of rotatable bonds is 7. The van der Waals surface area contributed by atoms with Crippen LogP contribution in [0.15, 0.2) is 47.4 Å². The fourth-order valence-electron chi connectivity index (χ4n) is 3.77. The molecule has 8 heteroatoms. The number of nitrogens with one attached hydrogen (secondary N) is 1. The Morgan fingerprint density at radius 1 is 1.13 bits per heavy atom. The highest BCUT2D eigenvalue weighted by Crippen LogP contribution is 2.32. The van der Waals surface area contributed by atoms with Crippen LogP contribution in [0.1, 0.15) is 37.7 Å². The zero-order valence-corrected chi connectivity index (χ0v) is 20.2. The molecular formula is C22H27IN2O4S. The van der Waals surface area contributed by atoms with Crippen LogP contribution in [0.25, 0.3) is 0 Å². The van der Waals surface area contributed by atoms with Crippen molar-refractivity contribution in [3.63, 3.8) is 0 Å². The van der Waals surface area contributed by atoms with Crippen molar-refractivity contribution >= 4 is 44.2 Å². The molecule has 1 N–H and O–H groups in total. The van der Waals surface area contributed by atoms with Gasteiger partial charge in [0.25, 0.3) is 0 Å². The molecule has 0 aliphatic heterocycles. The second-order valence-electron chi connectivity index (χ2n) is 7.55. The molecule has 2 aromatic rings. The van der Waals surface area contributed by atoms with Crippen molar-refractivity contribution in [3.05, 3.63) is 51.6 Å². The minimum absolute atomic E-state index is 0.109. The van der Waals surface area contributed by atoms with Crippen molar-refractivity contribution in [2.24, 2.45) is 0 Å². The second-order valence-corrected chi connectivity index (χ2v) is 10.7. The number of benzene rings is 2. The molecule has 0 heterocycles. The van der Waals surface area contributed by atoms with E-state index in [0.717, 1.165) is 41.2 Å². The number of anilines is 1. The summed E-state index contributed by atoms with van der Waals surface area (Å²) in [6.07, 6.45) is 4.52. The van der Waals surface area contributed by atoms with E-state index in [1.807, 2.05) is 37.3 Å². The van der Waals surface area contributed by atoms with E-state index in [1.54, 1.807) is 12.1 Å². The maximum absolute atomic E-state index is 13.7. The van der Waals surface area contributed by atoms with Crippen LogP contribution in [0.4, 0.5) is 5.69 Å². The molecule has 0 bridgehead atoms. The fourth-order valence-corrected chi connectivity index (χ4v) is 6.01. The van der Waals surface area contributed by atoms with Gasteiger partial charge in [-0.15, -0.1) is 0 Å². The van der Waals surface area contributed by atoms with E-state index in [4.69, 9.17) is 4.74 Å². The van der Waals surface area contributed by atoms with Gasteiger partial charge in [0, 0.05) is 15.3 Å². The Morgan fingerprint density at radius 3 is 2.43 bits per heavy atom. The molecule has 3 rings (SSSR count). The molecule has 0 radical (unpaired) electrons. The van der Waals surface area contributed by atoms with Crippen molar-refractivity contribution in [3.8, 4) is 5.75 Å². The third-order valence-electron chi connectivity index (χ3n) is 5.32. The molecule has 6 nitrogen and oxygen atoms in total. The first-order valence-electron chi connectivity index (χ1n) is 10.0. The molecule has 0 saturated heterocycles. The van der Waals surface area contributed by atoms with Crippen LogP contribution in [0.2, 0.25) is 0 Å². The highest BCUT2D eigenvalue weighted by molar-refractivity contribution is 14.1. The topological polar surface area (TPSA) is 75.7 Å². The smallest absolute Gasteiger partial charge is 0.247 e. The van der Waals surface area contributed by atoms with Gasteiger partial charge in [-0.2, -0.15) is 4.31 Å². The van der Waals surface area contributed by atoms with Crippen molar-refractivity contribution in [2.75, 3.05) is 19.0 Å². The van der Waals surface area contributed by atoms with Gasteiger partial charge < -0.3 is 10.1 Å². The third kappa shape index (κ3) is 5.53. The molecule has 30 heavy (non-hydrogen) atoms. The molecule has 162 valence electrons. The summed E-state index contributed by atoms with van der Waals surface area (Å²) in [5.74, 6) is -0.0589. The Bertz CT molecular complexity index is 987. The molecular weight excluding hydrogens is 515 g/mol. The van der Waals surface area contributed by atoms with Crippen molar-refractivity contribution in [2.45, 2.75) is 50.0 Å². The van der Waals surface area contributed by atoms with Crippen LogP contribution in [-0.4, -0.2) is 38.3 Å². The average Bonchev–Trinajstić information content (AvgIpc) is 2.74. The normalized spacial score (nSPS) is 15.2. The number of aryl methyl sites for hydroxylation is 1. The molecule has 0 unspecified atom stereocenters. The lowest BCUT2D eigenvalue weighted by Gasteiger charge is -2.33. The van der Waals surface area contributed by atoms with Crippen molar-refractivity contribution in [1.82, 2.24) is 4.31 Å². The Kier molecular flexibility index (Phi) is 7.75. The molecule has 1 aliphatic carbocycles. The highest BCUT2D eigenvalue weighted by atomic mass is 127. The van der Waals surface area contributed by atoms with Gasteiger partial charge in [-0.05, 0) is 84.3 Å². The number of amides is 1. The first-order chi connectivity index (χ1) is 14.3. The number of carbonyl (C=O) groups is 1. The maximum Gasteiger partial charge on any atom is 0.247 e. The highest BCUT2D eigenvalue weighted by Gasteiger charge is 2.35. The van der Waals surface area contributed by atoms with Gasteiger partial charge in [-0.3, -0.25) is 4.79 Å². The fraction of sp³-hybridized carbons (Fsp3) is 0.409. The summed E-state index contributed by atoms with van der Waals surface area (Å²) in [6, 6.07) is 12.3. The van der Waals surface area contributed by atoms with Gasteiger partial charge in [0.2, 0.25) is 15.9 Å². The van der Waals surface area contributed by atoms with Gasteiger partial charge in [-0.1, -0.05) is 25.3 Å². The monoisotopic (exact) mass is 542 g/mol. The minimum Gasteiger partial charge on any atom is -0.495 e. The lowest BCUT2D eigenvalue weighted by molar-refractivity contribution is -0.116. The summed E-state index contributed by atoms with van der Waals surface area (Å²) < 4.78 is 35.1. The Hall–Kier alpha value is -1.65. The Balaban J connectivity index is 1.91. The van der Waals surface area contributed by atoms with Crippen LogP contribution in [0.3, 0.4) is 0 Å². The number of halogens is 1. The largest absolute Gasteiger partial charge is 0.495 e. The van der Waals surface area contributed by atoms with E-state index in [2.05, 4.69) is 27.9 Å². The number of hydrogen-bond donors (Lipinski definition) is 1. The quantitative estimate of drug-likeness (QED) is 0.521. The summed E-state index contributed by atoms with van der Waals surface area (Å²) in [7, 11) is -2.46. The van der Waals surface area contributed by atoms with Crippen LogP contribution < -0.4 is 10.1 Å². The summed E-state index contributed by atoms with van der Waals surface area (Å²) in [5, 5.41) is 2.82. The van der Waals surface area contributed by atoms with E-state index in [0.29, 0.717) is 11.4 Å². The summed E-state index contributed by atoms with van der Waals surface area (Å²) in [6.45, 7) is 1.61. The zero-order chi connectivity index (χ0) is 21.7. The molecule has 0 spiro atoms. The molecule has 1 fully saturated rings. The molecule has 1 aliphatic rings. The first-order valence-corrected chi connectivity index (χ1v) is 12.5. The predicted molar refractivity (Wildman–Crippen MR) is 126 cm³/mol. The number of methoxy groups -OCH3 is 1. The number of ether oxygens (including phenoxy) is 1. The molecule has 1 saturated carbocycles. The Labute approximate surface area is 192 Å². The molecule has 0 atom stereocenters. The SMILES string of the molecule is COc1ccc(C)cc1S(=O)(=O)N(CC(=O)Nc1ccc(I)cc1)C1CCCCC1. The summed E-state index contributed by atoms with van der Waals surface area (Å²) in [5.41, 5.74) is 1.47. The zero-order valence-electron chi connectivity index (χ0n) is 17.2. The molecule has 1 amide bonds. The van der Waals surface area contributed by atoms with Crippen molar-refractivity contribution < 1.29 is 17.9 Å². The standard InChI is InChI=1S/C22H27IN2O4S/c1-16-8-13-20(29-2)21(14-16)30(27,28)25(19-6-4-3-5-7-19)15-22(26)24-18-11-9-17(23)10-12-18/h8-14,19H,3-7,15H2,1-2H3,(H,24,26). The summed E-state index contributed by atoms with van der Waals surface area (Å²) >= 11 is 2.19. The Morgan fingerprint density at radius 2 is 1.80 bits per heavy atom. The van der Waals surface area contributed by atoms with E-state index < -0.39 is 10.0 Å². The van der Waals surface area contributed by atoms with Gasteiger partial charge in [0.05, 0.1) is 13.7 Å². The first kappa shape index (κ1) is 23.0. The second kappa shape index (κ2) is 10.1. The van der Waals surface area contributed by atoms with Crippen molar-refractivity contribution in [1.29, 1.82) is 0 Å². The van der Waals surface area contributed by atoms with E-state index in [9.17, 15) is 13.2 Å². The van der Waals surface area contributed by atoms with Crippen LogP contribution in [0, 0.1) is 10.5 Å². The number of hydrogen-bond acceptors (Lipinski definition) is 4. The van der Waals surface area contributed by atoms with Crippen LogP contribution in [0.5, 0.6) is 5.75 Å². The average molecular weight is 542 g/mol. The lowest BCUT2D eigenvalue weighted by Crippen LogP contribution is -2.45. The number of nitrogens with zero attached hydrogens (tertiary/aromatic N) is 1. The van der Waals surface area contributed by atoms with Gasteiger partial charge in [-0.25, -0.2) is 8.42 Å². The van der Waals surface area contributed by atoms with E-state index in [-0.39, 0.29) is 23.4 Å². The van der Waals surface area contributed by atoms with Crippen LogP contribution in [-0.2, 0) is 14.8 Å². The van der Waals surface area contributed by atoms with E-state index >= 15 is 0 Å². The summed E-state index contributed by atoms with van der Waals surface area (Å²) in [4.78, 5) is 12.9.